The van der Waals surface area contributed by atoms with E-state index in [1.807, 2.05) is 49.4 Å². The number of amides is 1. The van der Waals surface area contributed by atoms with Crippen LogP contribution in [0.5, 0.6) is 5.75 Å². The maximum absolute atomic E-state index is 13.1. The van der Waals surface area contributed by atoms with E-state index < -0.39 is 10.8 Å². The summed E-state index contributed by atoms with van der Waals surface area (Å²) in [5, 5.41) is 16.9. The predicted octanol–water partition coefficient (Wildman–Crippen LogP) is 5.60. The van der Waals surface area contributed by atoms with Crippen LogP contribution in [0.1, 0.15) is 16.7 Å². The van der Waals surface area contributed by atoms with Gasteiger partial charge < -0.3 is 4.74 Å². The fourth-order valence-corrected chi connectivity index (χ4v) is 3.99. The number of anilines is 1. The third kappa shape index (κ3) is 5.33. The quantitative estimate of drug-likeness (QED) is 0.151. The summed E-state index contributed by atoms with van der Waals surface area (Å²) < 4.78 is 6.14. The summed E-state index contributed by atoms with van der Waals surface area (Å²) in [6.45, 7) is 2.00. The van der Waals surface area contributed by atoms with Gasteiger partial charge in [0, 0.05) is 18.2 Å². The summed E-state index contributed by atoms with van der Waals surface area (Å²) in [6.07, 6.45) is 4.54. The average molecular weight is 473 g/mol. The highest BCUT2D eigenvalue weighted by Gasteiger charge is 2.18. The molecule has 0 saturated heterocycles. The molecule has 0 radical (unpaired) electrons. The molecule has 3 aromatic carbocycles. The molecule has 4 aromatic rings. The number of methoxy groups -OCH3 is 1. The molecule has 0 unspecified atom stereocenters. The van der Waals surface area contributed by atoms with Gasteiger partial charge in [0.1, 0.15) is 5.75 Å². The molecule has 0 spiro atoms. The van der Waals surface area contributed by atoms with Crippen molar-refractivity contribution in [2.24, 2.45) is 5.10 Å². The topological polar surface area (TPSA) is 97.9 Å². The van der Waals surface area contributed by atoms with Crippen LogP contribution in [0.15, 0.2) is 77.9 Å². The van der Waals surface area contributed by atoms with Crippen molar-refractivity contribution in [3.8, 4) is 5.75 Å². The molecule has 170 valence electrons. The molecular formula is C25H20N4O4S. The molecular weight excluding hydrogens is 452 g/mol. The van der Waals surface area contributed by atoms with Crippen molar-refractivity contribution in [1.82, 2.24) is 4.98 Å². The number of rotatable bonds is 7. The van der Waals surface area contributed by atoms with Gasteiger partial charge in [0.15, 0.2) is 0 Å². The van der Waals surface area contributed by atoms with Crippen molar-refractivity contribution < 1.29 is 14.5 Å². The molecule has 0 aliphatic heterocycles. The fourth-order valence-electron chi connectivity index (χ4n) is 3.03. The van der Waals surface area contributed by atoms with Gasteiger partial charge in [0.2, 0.25) is 5.13 Å². The molecule has 1 amide bonds. The van der Waals surface area contributed by atoms with Crippen LogP contribution < -0.4 is 9.75 Å². The van der Waals surface area contributed by atoms with Crippen molar-refractivity contribution in [3.63, 3.8) is 0 Å². The first-order chi connectivity index (χ1) is 16.4. The van der Waals surface area contributed by atoms with Gasteiger partial charge in [-0.05, 0) is 54.5 Å². The van der Waals surface area contributed by atoms with Crippen LogP contribution >= 0.6 is 11.3 Å². The van der Waals surface area contributed by atoms with E-state index in [9.17, 15) is 14.9 Å². The van der Waals surface area contributed by atoms with Crippen LogP contribution in [0.4, 0.5) is 10.8 Å². The van der Waals surface area contributed by atoms with E-state index in [4.69, 9.17) is 4.74 Å². The second kappa shape index (κ2) is 10.1. The lowest BCUT2D eigenvalue weighted by molar-refractivity contribution is -0.384. The van der Waals surface area contributed by atoms with E-state index in [-0.39, 0.29) is 5.69 Å². The first-order valence-electron chi connectivity index (χ1n) is 10.2. The van der Waals surface area contributed by atoms with Gasteiger partial charge in [-0.15, -0.1) is 0 Å². The monoisotopic (exact) mass is 472 g/mol. The third-order valence-corrected chi connectivity index (χ3v) is 5.89. The number of aryl methyl sites for hydroxylation is 1. The molecule has 0 atom stereocenters. The largest absolute Gasteiger partial charge is 0.497 e. The number of aromatic nitrogens is 1. The van der Waals surface area contributed by atoms with E-state index in [1.165, 1.54) is 34.6 Å². The van der Waals surface area contributed by atoms with Crippen LogP contribution in [0.3, 0.4) is 0 Å². The van der Waals surface area contributed by atoms with E-state index >= 15 is 0 Å². The number of ether oxygens (including phenoxy) is 1. The Labute approximate surface area is 199 Å². The summed E-state index contributed by atoms with van der Waals surface area (Å²) in [6, 6.07) is 19.2. The lowest BCUT2D eigenvalue weighted by atomic mass is 10.2. The number of nitro groups is 1. The van der Waals surface area contributed by atoms with Gasteiger partial charge in [-0.1, -0.05) is 41.2 Å². The highest BCUT2D eigenvalue weighted by atomic mass is 32.1. The highest BCUT2D eigenvalue weighted by molar-refractivity contribution is 7.22. The Morgan fingerprint density at radius 2 is 1.79 bits per heavy atom. The van der Waals surface area contributed by atoms with E-state index in [0.717, 1.165) is 21.3 Å². The number of hydrogen-bond donors (Lipinski definition) is 0. The number of benzene rings is 3. The number of carbonyl (C=O) groups excluding carboxylic acids is 1. The molecule has 0 bridgehead atoms. The van der Waals surface area contributed by atoms with E-state index in [1.54, 1.807) is 31.5 Å². The normalized spacial score (nSPS) is 11.4. The molecule has 8 nitrogen and oxygen atoms in total. The Hall–Kier alpha value is -4.37. The molecule has 0 aliphatic rings. The van der Waals surface area contributed by atoms with Crippen molar-refractivity contribution in [1.29, 1.82) is 0 Å². The van der Waals surface area contributed by atoms with Gasteiger partial charge in [0.05, 0.1) is 28.5 Å². The van der Waals surface area contributed by atoms with Crippen molar-refractivity contribution >= 4 is 50.6 Å². The summed E-state index contributed by atoms with van der Waals surface area (Å²) in [5.74, 6) is 0.287. The van der Waals surface area contributed by atoms with Gasteiger partial charge >= 0.3 is 0 Å². The Morgan fingerprint density at radius 3 is 2.47 bits per heavy atom. The van der Waals surface area contributed by atoms with Crippen LogP contribution in [0, 0.1) is 17.0 Å². The number of fused-ring (bicyclic) bond motifs is 1. The summed E-state index contributed by atoms with van der Waals surface area (Å²) in [7, 11) is 1.59. The SMILES string of the molecule is COc1ccc2nc(N(/N=C/c3ccc(C)cc3)C(=O)/C=C/c3ccc([N+](=O)[O-])cc3)sc2c1. The summed E-state index contributed by atoms with van der Waals surface area (Å²) in [5.41, 5.74) is 3.32. The zero-order valence-electron chi connectivity index (χ0n) is 18.4. The highest BCUT2D eigenvalue weighted by Crippen LogP contribution is 2.32. The molecule has 34 heavy (non-hydrogen) atoms. The number of hydrazone groups is 1. The lowest BCUT2D eigenvalue weighted by Crippen LogP contribution is -2.23. The lowest BCUT2D eigenvalue weighted by Gasteiger charge is -2.11. The summed E-state index contributed by atoms with van der Waals surface area (Å²) >= 11 is 1.32. The van der Waals surface area contributed by atoms with Crippen LogP contribution in [0.25, 0.3) is 16.3 Å². The Balaban J connectivity index is 1.65. The number of nitrogens with zero attached hydrogens (tertiary/aromatic N) is 4. The van der Waals surface area contributed by atoms with E-state index in [0.29, 0.717) is 16.4 Å². The second-order valence-corrected chi connectivity index (χ2v) is 8.33. The van der Waals surface area contributed by atoms with Gasteiger partial charge in [-0.2, -0.15) is 10.1 Å². The number of carbonyl (C=O) groups is 1. The molecule has 1 aromatic heterocycles. The number of non-ortho nitro benzene ring substituents is 1. The fraction of sp³-hybridized carbons (Fsp3) is 0.0800. The molecule has 1 heterocycles. The minimum Gasteiger partial charge on any atom is -0.497 e. The second-order valence-electron chi connectivity index (χ2n) is 7.32. The Morgan fingerprint density at radius 1 is 1.09 bits per heavy atom. The maximum Gasteiger partial charge on any atom is 0.273 e. The van der Waals surface area contributed by atoms with Crippen molar-refractivity contribution in [2.75, 3.05) is 12.1 Å². The minimum atomic E-state index is -0.470. The third-order valence-electron chi connectivity index (χ3n) is 4.90. The first-order valence-corrected chi connectivity index (χ1v) is 11.1. The molecule has 4 rings (SSSR count). The molecule has 0 aliphatic carbocycles. The van der Waals surface area contributed by atoms with Gasteiger partial charge in [-0.25, -0.2) is 4.98 Å². The molecule has 0 saturated carbocycles. The zero-order valence-corrected chi connectivity index (χ0v) is 19.2. The molecule has 9 heteroatoms. The molecule has 0 N–H and O–H groups in total. The summed E-state index contributed by atoms with van der Waals surface area (Å²) in [4.78, 5) is 28.1. The van der Waals surface area contributed by atoms with Crippen LogP contribution in [0.2, 0.25) is 0 Å². The van der Waals surface area contributed by atoms with E-state index in [2.05, 4.69) is 10.1 Å². The Bertz CT molecular complexity index is 1390. The van der Waals surface area contributed by atoms with Gasteiger partial charge in [-0.3, -0.25) is 14.9 Å². The van der Waals surface area contributed by atoms with Gasteiger partial charge in [0.25, 0.3) is 11.6 Å². The molecule has 0 fully saturated rings. The Kier molecular flexibility index (Phi) is 6.74. The number of nitro benzene ring substituents is 1. The number of hydrogen-bond acceptors (Lipinski definition) is 7. The minimum absolute atomic E-state index is 0.0160. The zero-order chi connectivity index (χ0) is 24.1. The van der Waals surface area contributed by atoms with Crippen molar-refractivity contribution in [3.05, 3.63) is 99.6 Å². The average Bonchev–Trinajstić information content (AvgIpc) is 3.27. The van der Waals surface area contributed by atoms with Crippen molar-refractivity contribution in [2.45, 2.75) is 6.92 Å². The maximum atomic E-state index is 13.1. The standard InChI is InChI=1S/C25H20N4O4S/c1-17-3-5-19(6-4-17)16-26-28(25-27-22-13-12-21(33-2)15-23(22)34-25)24(30)14-9-18-7-10-20(11-8-18)29(31)32/h3-16H,1-2H3/b14-9+,26-16+. The predicted molar refractivity (Wildman–Crippen MR) is 135 cm³/mol. The van der Waals surface area contributed by atoms with Crippen LogP contribution in [-0.2, 0) is 4.79 Å². The first kappa shape index (κ1) is 22.8. The smallest absolute Gasteiger partial charge is 0.273 e. The van der Waals surface area contributed by atoms with Crippen LogP contribution in [-0.4, -0.2) is 29.1 Å². The number of thiazole rings is 1.